The number of phosphoric ester groups is 3. The van der Waals surface area contributed by atoms with E-state index in [1.807, 2.05) is 0 Å². The molecule has 7 atom stereocenters. The Morgan fingerprint density at radius 3 is 2.38 bits per heavy atom. The third-order valence-electron chi connectivity index (χ3n) is 7.93. The summed E-state index contributed by atoms with van der Waals surface area (Å²) in [5, 5.41) is 26.4. The molecule has 0 radical (unpaired) electrons. The molecule has 0 saturated carbocycles. The van der Waals surface area contributed by atoms with Crippen LogP contribution in [0, 0.1) is 11.3 Å². The third kappa shape index (κ3) is 15.1. The number of rotatable bonds is 23. The fraction of sp³-hybridized carbons (Fsp3) is 0.714. The molecule has 0 aliphatic carbocycles. The smallest absolute Gasteiger partial charge is 0.386 e. The predicted molar refractivity (Wildman–Crippen MR) is 196 cm³/mol. The van der Waals surface area contributed by atoms with Crippen molar-refractivity contribution in [2.45, 2.75) is 84.0 Å². The van der Waals surface area contributed by atoms with Gasteiger partial charge in [-0.25, -0.2) is 28.6 Å². The minimum absolute atomic E-state index is 0.0319. The van der Waals surface area contributed by atoms with Crippen LogP contribution >= 0.6 is 35.2 Å². The number of hydrogen-bond donors (Lipinski definition) is 9. The number of nitrogen functional groups attached to an aromatic ring is 1. The minimum Gasteiger partial charge on any atom is -0.386 e. The lowest BCUT2D eigenvalue weighted by molar-refractivity contribution is -0.137. The Kier molecular flexibility index (Phi) is 17.5. The predicted octanol–water partition coefficient (Wildman–Crippen LogP) is 0.491. The molecule has 2 amide bonds. The Labute approximate surface area is 325 Å². The summed E-state index contributed by atoms with van der Waals surface area (Å²) in [7, 11) is -16.4. The summed E-state index contributed by atoms with van der Waals surface area (Å²) < 4.78 is 62.1. The molecule has 0 aromatic carbocycles. The summed E-state index contributed by atoms with van der Waals surface area (Å²) in [6.45, 7) is 4.70. The number of anilines is 1. The first kappa shape index (κ1) is 47.9. The van der Waals surface area contributed by atoms with E-state index in [-0.39, 0.29) is 41.6 Å². The van der Waals surface area contributed by atoms with Crippen molar-refractivity contribution in [1.82, 2.24) is 30.2 Å². The van der Waals surface area contributed by atoms with Gasteiger partial charge in [0.1, 0.15) is 36.3 Å². The number of aliphatic hydroxyl groups is 2. The first-order valence-corrected chi connectivity index (χ1v) is 22.5. The van der Waals surface area contributed by atoms with Gasteiger partial charge >= 0.3 is 23.5 Å². The molecule has 318 valence electrons. The van der Waals surface area contributed by atoms with Crippen LogP contribution in [0.2, 0.25) is 0 Å². The molecule has 28 heteroatoms. The van der Waals surface area contributed by atoms with Crippen molar-refractivity contribution in [1.29, 1.82) is 0 Å². The van der Waals surface area contributed by atoms with Crippen molar-refractivity contribution in [2.75, 3.05) is 37.8 Å². The van der Waals surface area contributed by atoms with Gasteiger partial charge in [0.15, 0.2) is 22.8 Å². The van der Waals surface area contributed by atoms with Crippen molar-refractivity contribution in [3.8, 4) is 0 Å². The van der Waals surface area contributed by atoms with Gasteiger partial charge in [-0.3, -0.25) is 32.5 Å². The Hall–Kier alpha value is -2.44. The topological polar surface area (TPSA) is 364 Å². The van der Waals surface area contributed by atoms with E-state index >= 15 is 0 Å². The zero-order chi connectivity index (χ0) is 42.1. The SMILES string of the molecule is CC(C)CCCC(=O)SCCNC(=O)CCNC(=O)[C@H](O)C(C)(C)COP(=O)(O)OP(=O)(O)OC[C@H]1O[C@@H](n2cnc3c(N)ncnc32)[C@H](O)[C@@H]1OP(=O)(O)O. The van der Waals surface area contributed by atoms with Crippen molar-refractivity contribution in [3.05, 3.63) is 12.7 Å². The number of thioether (sulfide) groups is 1. The summed E-state index contributed by atoms with van der Waals surface area (Å²) in [5.41, 5.74) is 4.27. The summed E-state index contributed by atoms with van der Waals surface area (Å²) in [4.78, 5) is 87.5. The number of nitrogens with one attached hydrogen (secondary N) is 2. The summed E-state index contributed by atoms with van der Waals surface area (Å²) >= 11 is 1.12. The van der Waals surface area contributed by atoms with Crippen LogP contribution in [0.3, 0.4) is 0 Å². The van der Waals surface area contributed by atoms with Crippen molar-refractivity contribution < 1.29 is 80.5 Å². The van der Waals surface area contributed by atoms with Gasteiger partial charge in [-0.1, -0.05) is 45.9 Å². The van der Waals surface area contributed by atoms with Crippen molar-refractivity contribution >= 4 is 69.1 Å². The number of nitrogens with two attached hydrogens (primary N) is 1. The van der Waals surface area contributed by atoms with Gasteiger partial charge in [-0.2, -0.15) is 4.31 Å². The zero-order valence-corrected chi connectivity index (χ0v) is 34.3. The molecule has 0 spiro atoms. The molecule has 10 N–H and O–H groups in total. The maximum Gasteiger partial charge on any atom is 0.481 e. The number of hydrogen-bond acceptors (Lipinski definition) is 18. The van der Waals surface area contributed by atoms with Gasteiger partial charge in [0.05, 0.1) is 19.5 Å². The highest BCUT2D eigenvalue weighted by molar-refractivity contribution is 8.13. The Balaban J connectivity index is 1.47. The molecular weight excluding hydrogens is 831 g/mol. The van der Waals surface area contributed by atoms with E-state index in [9.17, 15) is 57.9 Å². The van der Waals surface area contributed by atoms with E-state index in [4.69, 9.17) is 19.5 Å². The van der Waals surface area contributed by atoms with E-state index in [0.29, 0.717) is 18.1 Å². The van der Waals surface area contributed by atoms with E-state index in [1.54, 1.807) is 0 Å². The average Bonchev–Trinajstić information content (AvgIpc) is 3.64. The lowest BCUT2D eigenvalue weighted by Gasteiger charge is -2.30. The zero-order valence-electron chi connectivity index (χ0n) is 30.8. The fourth-order valence-corrected chi connectivity index (χ4v) is 8.57. The maximum atomic E-state index is 12.7. The number of nitrogens with zero attached hydrogens (tertiary/aromatic N) is 4. The first-order valence-electron chi connectivity index (χ1n) is 17.0. The fourth-order valence-electron chi connectivity index (χ4n) is 5.02. The lowest BCUT2D eigenvalue weighted by Crippen LogP contribution is -2.46. The van der Waals surface area contributed by atoms with Crippen molar-refractivity contribution in [2.24, 2.45) is 11.3 Å². The van der Waals surface area contributed by atoms with Gasteiger partial charge in [0, 0.05) is 37.1 Å². The van der Waals surface area contributed by atoms with Crippen molar-refractivity contribution in [3.63, 3.8) is 0 Å². The molecule has 3 rings (SSSR count). The number of aliphatic hydroxyl groups excluding tert-OH is 2. The highest BCUT2D eigenvalue weighted by Gasteiger charge is 2.50. The van der Waals surface area contributed by atoms with Crippen LogP contribution in [-0.2, 0) is 50.7 Å². The molecule has 2 aromatic heterocycles. The number of imidazole rings is 1. The van der Waals surface area contributed by atoms with Crippen LogP contribution in [0.4, 0.5) is 5.82 Å². The standard InChI is InChI=1S/C28H48N7O17P3S/c1-16(2)6-5-7-19(37)56-11-10-30-18(36)8-9-31-26(40)23(39)28(3,4)13-49-55(46,47)52-54(44,45)48-12-17-22(51-53(41,42)43)21(38)27(50-17)35-15-34-20-24(29)32-14-33-25(20)35/h14-17,21-23,27,38-39H,5-13H2,1-4H3,(H,30,36)(H,31,40)(H,44,45)(H,46,47)(H2,29,32,33)(H2,41,42,43)/t17-,21-,22-,23+,27-/m1/s1. The summed E-state index contributed by atoms with van der Waals surface area (Å²) in [6.07, 6.45) is -4.68. The normalized spacial score (nSPS) is 21.8. The van der Waals surface area contributed by atoms with Crippen LogP contribution in [0.25, 0.3) is 11.2 Å². The Morgan fingerprint density at radius 1 is 1.04 bits per heavy atom. The van der Waals surface area contributed by atoms with Gasteiger partial charge < -0.3 is 50.9 Å². The number of carbonyl (C=O) groups excluding carboxylic acids is 3. The number of aromatic nitrogens is 4. The second-order valence-corrected chi connectivity index (χ2v) is 19.0. The monoisotopic (exact) mass is 879 g/mol. The molecule has 2 unspecified atom stereocenters. The Morgan fingerprint density at radius 2 is 1.71 bits per heavy atom. The molecule has 56 heavy (non-hydrogen) atoms. The molecule has 1 aliphatic rings. The quantitative estimate of drug-likeness (QED) is 0.0542. The van der Waals surface area contributed by atoms with Crippen LogP contribution in [0.15, 0.2) is 12.7 Å². The molecule has 1 aliphatic heterocycles. The van der Waals surface area contributed by atoms with Gasteiger partial charge in [-0.15, -0.1) is 0 Å². The lowest BCUT2D eigenvalue weighted by atomic mass is 9.87. The van der Waals surface area contributed by atoms with E-state index in [2.05, 4.69) is 48.3 Å². The summed E-state index contributed by atoms with van der Waals surface area (Å²) in [5.74, 6) is -0.538. The van der Waals surface area contributed by atoms with E-state index < -0.39 is 84.6 Å². The molecular formula is C28H48N7O17P3S. The van der Waals surface area contributed by atoms with E-state index in [1.165, 1.54) is 13.8 Å². The van der Waals surface area contributed by atoms with Crippen LogP contribution in [-0.4, -0.2) is 123 Å². The second-order valence-electron chi connectivity index (χ2n) is 13.6. The number of fused-ring (bicyclic) bond motifs is 1. The van der Waals surface area contributed by atoms with Gasteiger partial charge in [-0.05, 0) is 12.3 Å². The maximum absolute atomic E-state index is 12.7. The third-order valence-corrected chi connectivity index (χ3v) is 12.0. The average molecular weight is 880 g/mol. The summed E-state index contributed by atoms with van der Waals surface area (Å²) in [6, 6.07) is 0. The number of carbonyl (C=O) groups is 3. The van der Waals surface area contributed by atoms with Gasteiger partial charge in [0.25, 0.3) is 0 Å². The number of phosphoric acid groups is 3. The number of amides is 2. The van der Waals surface area contributed by atoms with Crippen LogP contribution in [0.1, 0.15) is 59.6 Å². The minimum atomic E-state index is -5.57. The highest BCUT2D eigenvalue weighted by Crippen LogP contribution is 2.61. The van der Waals surface area contributed by atoms with Crippen LogP contribution in [0.5, 0.6) is 0 Å². The Bertz CT molecular complexity index is 1810. The molecule has 1 fully saturated rings. The molecule has 0 bridgehead atoms. The first-order chi connectivity index (χ1) is 25.9. The van der Waals surface area contributed by atoms with E-state index in [0.717, 1.165) is 41.8 Å². The molecule has 1 saturated heterocycles. The molecule has 24 nitrogen and oxygen atoms in total. The highest BCUT2D eigenvalue weighted by atomic mass is 32.2. The largest absolute Gasteiger partial charge is 0.481 e. The molecule has 2 aromatic rings. The number of ether oxygens (including phenoxy) is 1. The van der Waals surface area contributed by atoms with Crippen LogP contribution < -0.4 is 16.4 Å². The molecule has 3 heterocycles. The second kappa shape index (κ2) is 20.5. The van der Waals surface area contributed by atoms with Gasteiger partial charge in [0.2, 0.25) is 11.8 Å².